The van der Waals surface area contributed by atoms with Crippen molar-refractivity contribution in [3.63, 3.8) is 0 Å². The Hall–Kier alpha value is -1.15. The van der Waals surface area contributed by atoms with Crippen LogP contribution in [0.1, 0.15) is 10.4 Å². The van der Waals surface area contributed by atoms with E-state index in [1.807, 2.05) is 0 Å². The van der Waals surface area contributed by atoms with E-state index in [0.29, 0.717) is 5.56 Å². The van der Waals surface area contributed by atoms with E-state index in [0.717, 1.165) is 3.57 Å². The Bertz CT molecular complexity index is 364. The first-order valence-corrected chi connectivity index (χ1v) is 5.13. The minimum absolute atomic E-state index is 0.337. The highest BCUT2D eigenvalue weighted by molar-refractivity contribution is 14.1. The summed E-state index contributed by atoms with van der Waals surface area (Å²) in [4.78, 5) is 26.2. The maximum atomic E-state index is 11.3. The monoisotopic (exact) mass is 320 g/mol. The maximum Gasteiger partial charge on any atom is 0.274 e. The summed E-state index contributed by atoms with van der Waals surface area (Å²) in [6.45, 7) is -0.337. The third-order valence-corrected chi connectivity index (χ3v) is 2.20. The number of amides is 2. The second-order valence-electron chi connectivity index (χ2n) is 2.69. The van der Waals surface area contributed by atoms with Crippen molar-refractivity contribution in [3.8, 4) is 0 Å². The van der Waals surface area contributed by atoms with Crippen molar-refractivity contribution < 1.29 is 14.4 Å². The molecule has 5 nitrogen and oxygen atoms in total. The molecule has 6 heteroatoms. The van der Waals surface area contributed by atoms with Crippen LogP contribution in [0.5, 0.6) is 0 Å². The predicted molar refractivity (Wildman–Crippen MR) is 61.8 cm³/mol. The van der Waals surface area contributed by atoms with E-state index in [4.69, 9.17) is 5.73 Å². The van der Waals surface area contributed by atoms with Gasteiger partial charge in [0.25, 0.3) is 5.91 Å². The molecule has 0 unspecified atom stereocenters. The van der Waals surface area contributed by atoms with Crippen LogP contribution in [-0.4, -0.2) is 18.4 Å². The average molecular weight is 320 g/mol. The number of hydrogen-bond acceptors (Lipinski definition) is 3. The molecule has 0 radical (unpaired) electrons. The van der Waals surface area contributed by atoms with Crippen LogP contribution < -0.4 is 11.2 Å². The lowest BCUT2D eigenvalue weighted by Crippen LogP contribution is -2.29. The summed E-state index contributed by atoms with van der Waals surface area (Å²) >= 11 is 2.13. The molecule has 0 atom stereocenters. The topological polar surface area (TPSA) is 81.4 Å². The molecule has 0 bridgehead atoms. The lowest BCUT2D eigenvalue weighted by Gasteiger charge is -2.03. The zero-order chi connectivity index (χ0) is 11.3. The highest BCUT2D eigenvalue weighted by atomic mass is 127. The lowest BCUT2D eigenvalue weighted by atomic mass is 10.2. The SMILES string of the molecule is NC(=O)CONC(=O)c1ccc(I)cc1. The number of nitrogens with one attached hydrogen (secondary N) is 1. The summed E-state index contributed by atoms with van der Waals surface area (Å²) in [6, 6.07) is 6.91. The Morgan fingerprint density at radius 3 is 2.47 bits per heavy atom. The molecular formula is C9H9IN2O3. The molecule has 3 N–H and O–H groups in total. The average Bonchev–Trinajstić information content (AvgIpc) is 2.18. The van der Waals surface area contributed by atoms with Gasteiger partial charge in [-0.25, -0.2) is 5.48 Å². The fourth-order valence-corrected chi connectivity index (χ4v) is 1.19. The van der Waals surface area contributed by atoms with Crippen molar-refractivity contribution in [2.45, 2.75) is 0 Å². The number of benzene rings is 1. The number of primary amides is 1. The smallest absolute Gasteiger partial charge is 0.274 e. The van der Waals surface area contributed by atoms with Gasteiger partial charge in [0.1, 0.15) is 0 Å². The largest absolute Gasteiger partial charge is 0.368 e. The number of hydroxylamine groups is 1. The quantitative estimate of drug-likeness (QED) is 0.624. The molecule has 15 heavy (non-hydrogen) atoms. The summed E-state index contributed by atoms with van der Waals surface area (Å²) in [5, 5.41) is 0. The molecular weight excluding hydrogens is 311 g/mol. The molecule has 1 aromatic carbocycles. The van der Waals surface area contributed by atoms with Crippen LogP contribution in [0.2, 0.25) is 0 Å². The molecule has 1 aromatic rings. The third kappa shape index (κ3) is 4.26. The van der Waals surface area contributed by atoms with Gasteiger partial charge in [0, 0.05) is 9.13 Å². The molecule has 0 aromatic heterocycles. The van der Waals surface area contributed by atoms with Crippen molar-refractivity contribution in [2.75, 3.05) is 6.61 Å². The fourth-order valence-electron chi connectivity index (χ4n) is 0.833. The molecule has 80 valence electrons. The van der Waals surface area contributed by atoms with Crippen LogP contribution in [0.4, 0.5) is 0 Å². The summed E-state index contributed by atoms with van der Waals surface area (Å²) in [7, 11) is 0. The summed E-state index contributed by atoms with van der Waals surface area (Å²) in [6.07, 6.45) is 0. The van der Waals surface area contributed by atoms with Crippen molar-refractivity contribution in [1.29, 1.82) is 0 Å². The highest BCUT2D eigenvalue weighted by Crippen LogP contribution is 2.06. The third-order valence-electron chi connectivity index (χ3n) is 1.49. The number of carbonyl (C=O) groups excluding carboxylic acids is 2. The van der Waals surface area contributed by atoms with Crippen LogP contribution in [0.15, 0.2) is 24.3 Å². The van der Waals surface area contributed by atoms with Crippen molar-refractivity contribution in [3.05, 3.63) is 33.4 Å². The Morgan fingerprint density at radius 2 is 1.93 bits per heavy atom. The molecule has 1 rings (SSSR count). The molecule has 0 heterocycles. The van der Waals surface area contributed by atoms with E-state index >= 15 is 0 Å². The van der Waals surface area contributed by atoms with E-state index in [-0.39, 0.29) is 6.61 Å². The first-order valence-electron chi connectivity index (χ1n) is 4.05. The van der Waals surface area contributed by atoms with Crippen LogP contribution in [0, 0.1) is 3.57 Å². The van der Waals surface area contributed by atoms with Crippen molar-refractivity contribution in [2.24, 2.45) is 5.73 Å². The van der Waals surface area contributed by atoms with Gasteiger partial charge >= 0.3 is 0 Å². The lowest BCUT2D eigenvalue weighted by molar-refractivity contribution is -0.124. The summed E-state index contributed by atoms with van der Waals surface area (Å²) in [5.74, 6) is -1.05. The van der Waals surface area contributed by atoms with Crippen molar-refractivity contribution in [1.82, 2.24) is 5.48 Å². The van der Waals surface area contributed by atoms with Gasteiger partial charge in [0.05, 0.1) is 0 Å². The molecule has 0 saturated carbocycles. The van der Waals surface area contributed by atoms with Crippen LogP contribution in [0.25, 0.3) is 0 Å². The van der Waals surface area contributed by atoms with Gasteiger partial charge < -0.3 is 5.73 Å². The number of nitrogens with two attached hydrogens (primary N) is 1. The first kappa shape index (κ1) is 11.9. The number of rotatable bonds is 4. The molecule has 0 fully saturated rings. The molecule has 0 aliphatic rings. The van der Waals surface area contributed by atoms with Gasteiger partial charge in [-0.3, -0.25) is 14.4 Å². The maximum absolute atomic E-state index is 11.3. The van der Waals surface area contributed by atoms with Crippen LogP contribution in [0.3, 0.4) is 0 Å². The van der Waals surface area contributed by atoms with E-state index in [2.05, 4.69) is 32.9 Å². The molecule has 2 amide bonds. The van der Waals surface area contributed by atoms with Crippen LogP contribution in [-0.2, 0) is 9.63 Å². The standard InChI is InChI=1S/C9H9IN2O3/c10-7-3-1-6(2-4-7)9(14)12-15-5-8(11)13/h1-4H,5H2,(H2,11,13)(H,12,14). The van der Waals surface area contributed by atoms with Crippen LogP contribution >= 0.6 is 22.6 Å². The van der Waals surface area contributed by atoms with E-state index in [9.17, 15) is 9.59 Å². The molecule has 0 aliphatic heterocycles. The Balaban J connectivity index is 2.47. The van der Waals surface area contributed by atoms with Gasteiger partial charge in [-0.05, 0) is 46.9 Å². The second kappa shape index (κ2) is 5.66. The van der Waals surface area contributed by atoms with Gasteiger partial charge in [0.15, 0.2) is 6.61 Å². The van der Waals surface area contributed by atoms with E-state index < -0.39 is 11.8 Å². The van der Waals surface area contributed by atoms with Crippen molar-refractivity contribution >= 4 is 34.4 Å². The van der Waals surface area contributed by atoms with Gasteiger partial charge in [-0.1, -0.05) is 0 Å². The van der Waals surface area contributed by atoms with E-state index in [1.54, 1.807) is 24.3 Å². The fraction of sp³-hybridized carbons (Fsp3) is 0.111. The van der Waals surface area contributed by atoms with E-state index in [1.165, 1.54) is 0 Å². The Morgan fingerprint density at radius 1 is 1.33 bits per heavy atom. The normalized spacial score (nSPS) is 9.67. The van der Waals surface area contributed by atoms with Gasteiger partial charge in [0.2, 0.25) is 5.91 Å². The first-order chi connectivity index (χ1) is 7.09. The number of hydrogen-bond donors (Lipinski definition) is 2. The van der Waals surface area contributed by atoms with Gasteiger partial charge in [-0.2, -0.15) is 0 Å². The highest BCUT2D eigenvalue weighted by Gasteiger charge is 2.05. The Labute approximate surface area is 100 Å². The molecule has 0 spiro atoms. The minimum atomic E-state index is -0.641. The van der Waals surface area contributed by atoms with Gasteiger partial charge in [-0.15, -0.1) is 0 Å². The Kier molecular flexibility index (Phi) is 4.50. The second-order valence-corrected chi connectivity index (χ2v) is 3.94. The minimum Gasteiger partial charge on any atom is -0.368 e. The zero-order valence-corrected chi connectivity index (χ0v) is 9.85. The zero-order valence-electron chi connectivity index (χ0n) is 7.70. The molecule has 0 saturated heterocycles. The predicted octanol–water partition coefficient (Wildman–Crippen LogP) is 0.438. The summed E-state index contributed by atoms with van der Waals surface area (Å²) < 4.78 is 1.03. The molecule has 0 aliphatic carbocycles. The number of halogens is 1. The summed E-state index contributed by atoms with van der Waals surface area (Å²) in [5.41, 5.74) is 7.39. The number of carbonyl (C=O) groups is 2.